The molecule has 0 bridgehead atoms. The number of anilines is 1. The number of H-pyrrole nitrogens is 2. The van der Waals surface area contributed by atoms with Gasteiger partial charge in [-0.2, -0.15) is 9.97 Å². The molecule has 2 aromatic rings. The summed E-state index contributed by atoms with van der Waals surface area (Å²) in [5.74, 6) is 1.16. The van der Waals surface area contributed by atoms with Crippen LogP contribution in [0.15, 0.2) is 0 Å². The number of hydrogen-bond acceptors (Lipinski definition) is 5. The molecule has 20 heavy (non-hydrogen) atoms. The van der Waals surface area contributed by atoms with Gasteiger partial charge in [0.25, 0.3) is 0 Å². The van der Waals surface area contributed by atoms with Crippen LogP contribution < -0.4 is 9.41 Å². The van der Waals surface area contributed by atoms with Crippen molar-refractivity contribution < 1.29 is 4.43 Å². The van der Waals surface area contributed by atoms with Crippen LogP contribution in [0.4, 0.5) is 5.95 Å². The van der Waals surface area contributed by atoms with Crippen LogP contribution in [0.1, 0.15) is 0 Å². The number of nitrogens with one attached hydrogen (secondary N) is 3. The number of hydrogen-bond donors (Lipinski definition) is 3. The van der Waals surface area contributed by atoms with Crippen molar-refractivity contribution in [1.82, 2.24) is 19.9 Å². The van der Waals surface area contributed by atoms with E-state index in [1.54, 1.807) is 0 Å². The van der Waals surface area contributed by atoms with Crippen molar-refractivity contribution in [3.63, 3.8) is 0 Å². The summed E-state index contributed by atoms with van der Waals surface area (Å²) in [6, 6.07) is 0. The lowest BCUT2D eigenvalue weighted by molar-refractivity contribution is 0.540. The predicted octanol–water partition coefficient (Wildman–Crippen LogP) is 3.48. The Morgan fingerprint density at radius 1 is 1.05 bits per heavy atom. The van der Waals surface area contributed by atoms with Crippen molar-refractivity contribution in [1.29, 1.82) is 0 Å². The molecule has 2 rings (SSSR count). The lowest BCUT2D eigenvalue weighted by atomic mass is 10.5. The van der Waals surface area contributed by atoms with Gasteiger partial charge in [-0.15, -0.1) is 0 Å². The van der Waals surface area contributed by atoms with Gasteiger partial charge in [-0.05, 0) is 31.9 Å². The fraction of sp³-hybridized carbons (Fsp3) is 0.545. The van der Waals surface area contributed by atoms with Crippen molar-refractivity contribution in [2.24, 2.45) is 0 Å². The maximum atomic E-state index is 6.05. The molecule has 0 aliphatic heterocycles. The Labute approximate surface area is 125 Å². The molecular weight excluding hydrogens is 306 g/mol. The summed E-state index contributed by atoms with van der Waals surface area (Å²) in [7, 11) is -3.29. The Balaban J connectivity index is 2.54. The second kappa shape index (κ2) is 4.97. The highest BCUT2D eigenvalue weighted by Gasteiger charge is 2.22. The first kappa shape index (κ1) is 15.2. The molecule has 0 aliphatic rings. The first-order chi connectivity index (χ1) is 9.03. The SMILES string of the molecule is C[Si](C)(C)Nc1nc(O[Si](C)(C)C)c2[nH]c(=S)[nH]c2n1. The van der Waals surface area contributed by atoms with E-state index >= 15 is 0 Å². The third kappa shape index (κ3) is 3.90. The quantitative estimate of drug-likeness (QED) is 0.592. The van der Waals surface area contributed by atoms with E-state index in [1.807, 2.05) is 0 Å². The maximum Gasteiger partial charge on any atom is 0.244 e. The minimum absolute atomic E-state index is 0.528. The van der Waals surface area contributed by atoms with Gasteiger partial charge < -0.3 is 19.4 Å². The Bertz CT molecular complexity index is 683. The first-order valence-electron chi connectivity index (χ1n) is 6.51. The molecule has 2 aromatic heterocycles. The zero-order valence-corrected chi connectivity index (χ0v) is 15.5. The topological polar surface area (TPSA) is 78.6 Å². The van der Waals surface area contributed by atoms with Gasteiger partial charge in [0.05, 0.1) is 0 Å². The van der Waals surface area contributed by atoms with Crippen LogP contribution in [0.2, 0.25) is 39.3 Å². The van der Waals surface area contributed by atoms with Crippen LogP contribution in [0, 0.1) is 4.77 Å². The summed E-state index contributed by atoms with van der Waals surface area (Å²) in [4.78, 5) is 18.5. The summed E-state index contributed by atoms with van der Waals surface area (Å²) >= 11 is 5.13. The van der Waals surface area contributed by atoms with Crippen LogP contribution in [0.25, 0.3) is 11.2 Å². The van der Waals surface area contributed by atoms with E-state index in [-0.39, 0.29) is 0 Å². The molecule has 0 radical (unpaired) electrons. The second-order valence-electron chi connectivity index (χ2n) is 6.74. The molecule has 0 unspecified atom stereocenters. The normalized spacial score (nSPS) is 12.7. The lowest BCUT2D eigenvalue weighted by Crippen LogP contribution is -2.34. The summed E-state index contributed by atoms with van der Waals surface area (Å²) in [6.45, 7) is 12.9. The fourth-order valence-corrected chi connectivity index (χ4v) is 3.36. The lowest BCUT2D eigenvalue weighted by Gasteiger charge is -2.21. The average molecular weight is 328 g/mol. The van der Waals surface area contributed by atoms with E-state index < -0.39 is 16.6 Å². The van der Waals surface area contributed by atoms with Crippen LogP contribution >= 0.6 is 12.2 Å². The van der Waals surface area contributed by atoms with E-state index in [0.717, 1.165) is 5.52 Å². The molecule has 0 saturated carbocycles. The minimum Gasteiger partial charge on any atom is -0.530 e. The molecule has 0 fully saturated rings. The fourth-order valence-electron chi connectivity index (χ4n) is 1.65. The summed E-state index contributed by atoms with van der Waals surface area (Å²) < 4.78 is 6.58. The Morgan fingerprint density at radius 3 is 2.25 bits per heavy atom. The highest BCUT2D eigenvalue weighted by Crippen LogP contribution is 2.24. The average Bonchev–Trinajstić information content (AvgIpc) is 2.53. The van der Waals surface area contributed by atoms with Crippen molar-refractivity contribution in [2.45, 2.75) is 39.3 Å². The summed E-state index contributed by atoms with van der Waals surface area (Å²) in [6.07, 6.45) is 0. The number of aromatic nitrogens is 4. The van der Waals surface area contributed by atoms with Crippen molar-refractivity contribution in [2.75, 3.05) is 4.98 Å². The molecule has 110 valence electrons. The molecular formula is C11H21N5OSSi2. The molecule has 0 aliphatic carbocycles. The van der Waals surface area contributed by atoms with Crippen LogP contribution in [0.5, 0.6) is 5.88 Å². The molecule has 0 amide bonds. The predicted molar refractivity (Wildman–Crippen MR) is 90.0 cm³/mol. The highest BCUT2D eigenvalue weighted by atomic mass is 32.1. The number of fused-ring (bicyclic) bond motifs is 1. The van der Waals surface area contributed by atoms with Crippen LogP contribution in [-0.2, 0) is 0 Å². The van der Waals surface area contributed by atoms with Crippen LogP contribution in [-0.4, -0.2) is 36.5 Å². The van der Waals surface area contributed by atoms with Gasteiger partial charge in [-0.1, -0.05) is 19.6 Å². The highest BCUT2D eigenvalue weighted by molar-refractivity contribution is 7.71. The molecule has 9 heteroatoms. The zero-order valence-electron chi connectivity index (χ0n) is 12.7. The number of rotatable bonds is 4. The van der Waals surface area contributed by atoms with Crippen molar-refractivity contribution in [3.8, 4) is 5.88 Å². The number of aromatic amines is 2. The van der Waals surface area contributed by atoms with E-state index in [4.69, 9.17) is 16.6 Å². The molecule has 0 atom stereocenters. The van der Waals surface area contributed by atoms with E-state index in [0.29, 0.717) is 22.2 Å². The zero-order chi connectivity index (χ0) is 15.1. The maximum absolute atomic E-state index is 6.05. The van der Waals surface area contributed by atoms with Gasteiger partial charge in [0.15, 0.2) is 10.4 Å². The van der Waals surface area contributed by atoms with E-state index in [2.05, 4.69) is 64.2 Å². The minimum atomic E-state index is -1.76. The third-order valence-electron chi connectivity index (χ3n) is 2.24. The third-order valence-corrected chi connectivity index (χ3v) is 4.22. The van der Waals surface area contributed by atoms with Crippen LogP contribution in [0.3, 0.4) is 0 Å². The largest absolute Gasteiger partial charge is 0.530 e. The molecule has 0 saturated heterocycles. The summed E-state index contributed by atoms with van der Waals surface area (Å²) in [5.41, 5.74) is 1.41. The van der Waals surface area contributed by atoms with Gasteiger partial charge in [0, 0.05) is 0 Å². The van der Waals surface area contributed by atoms with Gasteiger partial charge >= 0.3 is 0 Å². The monoisotopic (exact) mass is 327 g/mol. The molecule has 0 aromatic carbocycles. The van der Waals surface area contributed by atoms with Gasteiger partial charge in [0.1, 0.15) is 13.8 Å². The van der Waals surface area contributed by atoms with E-state index in [9.17, 15) is 0 Å². The molecule has 0 spiro atoms. The molecule has 6 nitrogen and oxygen atoms in total. The van der Waals surface area contributed by atoms with Crippen molar-refractivity contribution >= 4 is 45.9 Å². The Kier molecular flexibility index (Phi) is 3.78. The second-order valence-corrected chi connectivity index (χ2v) is 16.3. The summed E-state index contributed by atoms with van der Waals surface area (Å²) in [5, 5.41) is 0. The van der Waals surface area contributed by atoms with Gasteiger partial charge in [0.2, 0.25) is 20.1 Å². The smallest absolute Gasteiger partial charge is 0.244 e. The molecule has 3 N–H and O–H groups in total. The number of nitrogens with zero attached hydrogens (tertiary/aromatic N) is 2. The Morgan fingerprint density at radius 2 is 1.70 bits per heavy atom. The van der Waals surface area contributed by atoms with Crippen molar-refractivity contribution in [3.05, 3.63) is 4.77 Å². The van der Waals surface area contributed by atoms with Gasteiger partial charge in [-0.3, -0.25) is 0 Å². The van der Waals surface area contributed by atoms with E-state index in [1.165, 1.54) is 0 Å². The Hall–Kier alpha value is -1.20. The first-order valence-corrected chi connectivity index (χ1v) is 13.8. The number of imidazole rings is 1. The standard InChI is InChI=1S/C11H21N5OSSi2/c1-19(2,3)16-10-13-8-7(12-11(18)14-8)9(15-10)17-20(4,5)6/h1-6H3,(H3,12,13,14,15,16,18). The molecule has 2 heterocycles. The van der Waals surface area contributed by atoms with Gasteiger partial charge in [-0.25, -0.2) is 0 Å².